The minimum atomic E-state index is -0.261. The van der Waals surface area contributed by atoms with Gasteiger partial charge in [-0.2, -0.15) is 0 Å². The molecule has 20 heavy (non-hydrogen) atoms. The molecule has 0 saturated carbocycles. The second-order valence-electron chi connectivity index (χ2n) is 4.09. The van der Waals surface area contributed by atoms with E-state index in [-0.39, 0.29) is 18.2 Å². The van der Waals surface area contributed by atoms with Crippen molar-refractivity contribution >= 4 is 6.21 Å². The van der Waals surface area contributed by atoms with Gasteiger partial charge in [-0.15, -0.1) is 0 Å². The maximum absolute atomic E-state index is 12.7. The Balaban J connectivity index is 0.00000200. The van der Waals surface area contributed by atoms with E-state index in [4.69, 9.17) is 9.94 Å². The minimum absolute atomic E-state index is 0. The van der Waals surface area contributed by atoms with E-state index >= 15 is 0 Å². The Morgan fingerprint density at radius 3 is 2.75 bits per heavy atom. The first kappa shape index (κ1) is 16.1. The van der Waals surface area contributed by atoms with Crippen LogP contribution in [0.3, 0.4) is 0 Å². The van der Waals surface area contributed by atoms with Crippen LogP contribution < -0.4 is 17.0 Å². The summed E-state index contributed by atoms with van der Waals surface area (Å²) in [7, 11) is 1.84. The van der Waals surface area contributed by atoms with Crippen LogP contribution in [0.2, 0.25) is 0 Å². The second kappa shape index (κ2) is 7.62. The van der Waals surface area contributed by atoms with E-state index in [0.29, 0.717) is 19.2 Å². The number of halogens is 2. The molecule has 1 N–H and O–H groups in total. The Labute approximate surface area is 122 Å². The molecule has 2 rings (SSSR count). The van der Waals surface area contributed by atoms with E-state index in [9.17, 15) is 4.39 Å². The molecule has 0 amide bonds. The lowest BCUT2D eigenvalue weighted by atomic mass is 10.2. The number of nitrogens with zero attached hydrogens (tertiary/aromatic N) is 3. The van der Waals surface area contributed by atoms with Crippen LogP contribution in [0.5, 0.6) is 0 Å². The second-order valence-corrected chi connectivity index (χ2v) is 4.09. The van der Waals surface area contributed by atoms with Gasteiger partial charge >= 0.3 is 5.82 Å². The molecule has 0 bridgehead atoms. The summed E-state index contributed by atoms with van der Waals surface area (Å²) in [5.41, 5.74) is 0.898. The van der Waals surface area contributed by atoms with Crippen molar-refractivity contribution in [2.45, 2.75) is 13.3 Å². The van der Waals surface area contributed by atoms with Gasteiger partial charge in [0, 0.05) is 0 Å². The third kappa shape index (κ3) is 4.04. The first-order valence-electron chi connectivity index (χ1n) is 5.75. The normalized spacial score (nSPS) is 10.7. The van der Waals surface area contributed by atoms with Crippen LogP contribution in [-0.4, -0.2) is 16.0 Å². The third-order valence-electron chi connectivity index (χ3n) is 2.71. The Bertz CT molecular complexity index is 569. The molecular weight excluding hydrogens is 285 g/mol. The number of ether oxygens (including phenoxy) is 1. The Kier molecular flexibility index (Phi) is 6.14. The SMILES string of the molecule is C[n+]1ccn(COCc2ccc(F)cc2)c1/C=N/O.[Cl-]. The molecule has 2 aromatic rings. The number of rotatable bonds is 5. The van der Waals surface area contributed by atoms with Gasteiger partial charge in [0.25, 0.3) is 0 Å². The first-order valence-corrected chi connectivity index (χ1v) is 5.75. The van der Waals surface area contributed by atoms with E-state index in [1.165, 1.54) is 18.3 Å². The predicted octanol–water partition coefficient (Wildman–Crippen LogP) is -1.56. The van der Waals surface area contributed by atoms with E-state index in [1.807, 2.05) is 19.4 Å². The lowest BCUT2D eigenvalue weighted by Gasteiger charge is -2.03. The van der Waals surface area contributed by atoms with Crippen LogP contribution in [0.1, 0.15) is 11.4 Å². The van der Waals surface area contributed by atoms with Crippen molar-refractivity contribution < 1.29 is 31.3 Å². The summed E-state index contributed by atoms with van der Waals surface area (Å²) in [4.78, 5) is 0. The molecule has 0 saturated heterocycles. The summed E-state index contributed by atoms with van der Waals surface area (Å²) in [6.07, 6.45) is 4.99. The fraction of sp³-hybridized carbons (Fsp3) is 0.231. The van der Waals surface area contributed by atoms with Gasteiger partial charge in [-0.3, -0.25) is 0 Å². The average Bonchev–Trinajstić information content (AvgIpc) is 2.74. The summed E-state index contributed by atoms with van der Waals surface area (Å²) in [5, 5.41) is 11.6. The zero-order chi connectivity index (χ0) is 13.7. The van der Waals surface area contributed by atoms with E-state index in [0.717, 1.165) is 5.56 Å². The summed E-state index contributed by atoms with van der Waals surface area (Å²) < 4.78 is 21.9. The van der Waals surface area contributed by atoms with Crippen molar-refractivity contribution in [3.05, 3.63) is 53.9 Å². The lowest BCUT2D eigenvalue weighted by Crippen LogP contribution is -3.00. The number of oxime groups is 1. The zero-order valence-electron chi connectivity index (χ0n) is 10.9. The molecule has 1 heterocycles. The first-order chi connectivity index (χ1) is 9.20. The molecule has 0 aliphatic carbocycles. The molecule has 0 unspecified atom stereocenters. The van der Waals surface area contributed by atoms with Gasteiger partial charge < -0.3 is 22.4 Å². The number of benzene rings is 1. The fourth-order valence-corrected chi connectivity index (χ4v) is 1.70. The van der Waals surface area contributed by atoms with Crippen molar-refractivity contribution in [2.24, 2.45) is 12.2 Å². The minimum Gasteiger partial charge on any atom is -1.00 e. The quantitative estimate of drug-likeness (QED) is 0.314. The lowest BCUT2D eigenvalue weighted by molar-refractivity contribution is -0.672. The van der Waals surface area contributed by atoms with Crippen LogP contribution in [-0.2, 0) is 25.1 Å². The van der Waals surface area contributed by atoms with Crippen molar-refractivity contribution in [3.8, 4) is 0 Å². The van der Waals surface area contributed by atoms with Crippen molar-refractivity contribution in [1.82, 2.24) is 4.57 Å². The monoisotopic (exact) mass is 299 g/mol. The molecule has 7 heteroatoms. The molecule has 0 aliphatic heterocycles. The van der Waals surface area contributed by atoms with Gasteiger partial charge in [-0.1, -0.05) is 17.3 Å². The maximum Gasteiger partial charge on any atom is 0.305 e. The highest BCUT2D eigenvalue weighted by Crippen LogP contribution is 2.05. The molecule has 108 valence electrons. The van der Waals surface area contributed by atoms with Crippen LogP contribution in [0.25, 0.3) is 0 Å². The summed E-state index contributed by atoms with van der Waals surface area (Å²) in [5.74, 6) is 0.448. The van der Waals surface area contributed by atoms with E-state index < -0.39 is 0 Å². The predicted molar refractivity (Wildman–Crippen MR) is 66.2 cm³/mol. The summed E-state index contributed by atoms with van der Waals surface area (Å²) in [6, 6.07) is 6.17. The van der Waals surface area contributed by atoms with Crippen molar-refractivity contribution in [1.29, 1.82) is 0 Å². The Morgan fingerprint density at radius 1 is 1.40 bits per heavy atom. The van der Waals surface area contributed by atoms with Crippen LogP contribution >= 0.6 is 0 Å². The van der Waals surface area contributed by atoms with Crippen molar-refractivity contribution in [3.63, 3.8) is 0 Å². The summed E-state index contributed by atoms with van der Waals surface area (Å²) >= 11 is 0. The number of hydrogen-bond donors (Lipinski definition) is 1. The molecule has 0 fully saturated rings. The summed E-state index contributed by atoms with van der Waals surface area (Å²) in [6.45, 7) is 0.706. The number of imidazole rings is 1. The number of hydrogen-bond acceptors (Lipinski definition) is 3. The van der Waals surface area contributed by atoms with E-state index in [2.05, 4.69) is 5.16 Å². The molecule has 5 nitrogen and oxygen atoms in total. The topological polar surface area (TPSA) is 50.6 Å². The van der Waals surface area contributed by atoms with Crippen molar-refractivity contribution in [2.75, 3.05) is 0 Å². The average molecular weight is 300 g/mol. The fourth-order valence-electron chi connectivity index (χ4n) is 1.70. The van der Waals surface area contributed by atoms with E-state index in [1.54, 1.807) is 21.3 Å². The molecule has 1 aromatic carbocycles. The highest BCUT2D eigenvalue weighted by molar-refractivity contribution is 5.72. The van der Waals surface area contributed by atoms with Crippen LogP contribution in [0.15, 0.2) is 41.8 Å². The smallest absolute Gasteiger partial charge is 0.305 e. The largest absolute Gasteiger partial charge is 1.00 e. The van der Waals surface area contributed by atoms with Gasteiger partial charge in [-0.25, -0.2) is 13.5 Å². The van der Waals surface area contributed by atoms with Gasteiger partial charge in [0.15, 0.2) is 12.9 Å². The Morgan fingerprint density at radius 2 is 2.10 bits per heavy atom. The molecule has 1 aromatic heterocycles. The van der Waals surface area contributed by atoms with Gasteiger partial charge in [0.05, 0.1) is 13.7 Å². The molecular formula is C13H15ClFN3O2. The van der Waals surface area contributed by atoms with Gasteiger partial charge in [0.2, 0.25) is 0 Å². The van der Waals surface area contributed by atoms with Gasteiger partial charge in [0.1, 0.15) is 18.2 Å². The molecule has 0 aliphatic rings. The standard InChI is InChI=1S/C13H14FN3O2.ClH/c1-16-6-7-17(13(16)8-15-18)10-19-9-11-2-4-12(14)5-3-11;/h2-8H,9-10H2,1H3;1H. The highest BCUT2D eigenvalue weighted by atomic mass is 35.5. The molecule has 0 radical (unpaired) electrons. The zero-order valence-corrected chi connectivity index (χ0v) is 11.7. The number of aromatic nitrogens is 2. The number of aryl methyl sites for hydroxylation is 1. The maximum atomic E-state index is 12.7. The van der Waals surface area contributed by atoms with Crippen LogP contribution in [0.4, 0.5) is 4.39 Å². The van der Waals surface area contributed by atoms with Crippen LogP contribution in [0, 0.1) is 5.82 Å². The Hall–Kier alpha value is -1.92. The molecule has 0 spiro atoms. The molecule has 0 atom stereocenters. The highest BCUT2D eigenvalue weighted by Gasteiger charge is 2.12. The van der Waals surface area contributed by atoms with Gasteiger partial charge in [-0.05, 0) is 17.7 Å². The third-order valence-corrected chi connectivity index (χ3v) is 2.71.